The van der Waals surface area contributed by atoms with Gasteiger partial charge in [-0.1, -0.05) is 48.9 Å². The summed E-state index contributed by atoms with van der Waals surface area (Å²) in [5, 5.41) is 0. The molecule has 1 aliphatic carbocycles. The third-order valence-electron chi connectivity index (χ3n) is 6.27. The quantitative estimate of drug-likeness (QED) is 0.731. The smallest absolute Gasteiger partial charge is 0.246 e. The molecule has 4 rings (SSSR count). The summed E-state index contributed by atoms with van der Waals surface area (Å²) in [6.45, 7) is 0.833. The number of rotatable bonds is 4. The molecule has 1 saturated carbocycles. The topological polar surface area (TPSA) is 29.5 Å². The van der Waals surface area contributed by atoms with Gasteiger partial charge in [0.25, 0.3) is 0 Å². The van der Waals surface area contributed by atoms with Crippen LogP contribution in [0.3, 0.4) is 0 Å². The molecule has 0 radical (unpaired) electrons. The first-order valence-corrected chi connectivity index (χ1v) is 9.88. The van der Waals surface area contributed by atoms with Crippen LogP contribution in [0, 0.1) is 0 Å². The third kappa shape index (κ3) is 3.64. The molecule has 1 amide bonds. The normalized spacial score (nSPS) is 24.8. The molecule has 3 nitrogen and oxygen atoms in total. The Morgan fingerprint density at radius 1 is 1.15 bits per heavy atom. The Labute approximate surface area is 161 Å². The zero-order valence-corrected chi connectivity index (χ0v) is 15.9. The van der Waals surface area contributed by atoms with Gasteiger partial charge in [-0.25, -0.2) is 0 Å². The molecular formula is C24H27NO2. The van der Waals surface area contributed by atoms with Gasteiger partial charge in [-0.3, -0.25) is 4.79 Å². The maximum atomic E-state index is 12.8. The monoisotopic (exact) mass is 361 g/mol. The highest BCUT2D eigenvalue weighted by Gasteiger charge is 2.44. The zero-order valence-electron chi connectivity index (χ0n) is 15.9. The van der Waals surface area contributed by atoms with Crippen LogP contribution in [0.2, 0.25) is 0 Å². The highest BCUT2D eigenvalue weighted by molar-refractivity contribution is 5.92. The number of fused-ring (bicyclic) bond motifs is 2. The fourth-order valence-electron chi connectivity index (χ4n) is 4.82. The predicted molar refractivity (Wildman–Crippen MR) is 109 cm³/mol. The number of ether oxygens (including phenoxy) is 1. The summed E-state index contributed by atoms with van der Waals surface area (Å²) in [4.78, 5) is 14.9. The van der Waals surface area contributed by atoms with Crippen molar-refractivity contribution < 1.29 is 9.53 Å². The Kier molecular flexibility index (Phi) is 5.02. The number of piperidine rings is 1. The first-order chi connectivity index (χ1) is 13.2. The van der Waals surface area contributed by atoms with Gasteiger partial charge in [0, 0.05) is 18.7 Å². The van der Waals surface area contributed by atoms with E-state index in [-0.39, 0.29) is 11.3 Å². The Hall–Kier alpha value is -2.55. The van der Waals surface area contributed by atoms with Crippen molar-refractivity contribution in [3.05, 3.63) is 71.8 Å². The molecule has 0 aromatic heterocycles. The van der Waals surface area contributed by atoms with E-state index in [2.05, 4.69) is 23.1 Å². The van der Waals surface area contributed by atoms with Crippen LogP contribution in [-0.2, 0) is 10.2 Å². The van der Waals surface area contributed by atoms with Gasteiger partial charge in [0.05, 0.1) is 7.11 Å². The van der Waals surface area contributed by atoms with Crippen molar-refractivity contribution in [2.75, 3.05) is 13.7 Å². The molecule has 27 heavy (non-hydrogen) atoms. The van der Waals surface area contributed by atoms with Gasteiger partial charge < -0.3 is 9.64 Å². The zero-order chi connectivity index (χ0) is 18.7. The van der Waals surface area contributed by atoms with Crippen LogP contribution in [-0.4, -0.2) is 30.5 Å². The highest BCUT2D eigenvalue weighted by Crippen LogP contribution is 2.47. The van der Waals surface area contributed by atoms with Crippen LogP contribution < -0.4 is 4.74 Å². The predicted octanol–water partition coefficient (Wildman–Crippen LogP) is 4.82. The van der Waals surface area contributed by atoms with Crippen LogP contribution >= 0.6 is 0 Å². The SMILES string of the molecule is COc1cccc([C@@]23CCC[C@@H](C2)N(C(=O)/C=C/c2ccccc2)CC3)c1. The average molecular weight is 361 g/mol. The fourth-order valence-corrected chi connectivity index (χ4v) is 4.82. The summed E-state index contributed by atoms with van der Waals surface area (Å²) in [6.07, 6.45) is 9.24. The van der Waals surface area contributed by atoms with Crippen LogP contribution in [0.15, 0.2) is 60.7 Å². The summed E-state index contributed by atoms with van der Waals surface area (Å²) >= 11 is 0. The Balaban J connectivity index is 1.50. The van der Waals surface area contributed by atoms with E-state index < -0.39 is 0 Å². The average Bonchev–Trinajstić information content (AvgIpc) is 2.73. The molecule has 1 heterocycles. The summed E-state index contributed by atoms with van der Waals surface area (Å²) in [7, 11) is 1.72. The van der Waals surface area contributed by atoms with Crippen LogP contribution in [0.25, 0.3) is 6.08 Å². The van der Waals surface area contributed by atoms with Crippen molar-refractivity contribution in [1.82, 2.24) is 4.90 Å². The van der Waals surface area contributed by atoms with Gasteiger partial charge in [-0.2, -0.15) is 0 Å². The molecule has 3 heteroatoms. The lowest BCUT2D eigenvalue weighted by atomic mass is 9.63. The van der Waals surface area contributed by atoms with Crippen molar-refractivity contribution in [1.29, 1.82) is 0 Å². The van der Waals surface area contributed by atoms with Crippen LogP contribution in [0.5, 0.6) is 5.75 Å². The molecule has 2 aromatic carbocycles. The van der Waals surface area contributed by atoms with E-state index in [9.17, 15) is 4.79 Å². The Morgan fingerprint density at radius 3 is 2.81 bits per heavy atom. The lowest BCUT2D eigenvalue weighted by molar-refractivity contribution is -0.131. The molecule has 1 aliphatic heterocycles. The van der Waals surface area contributed by atoms with Gasteiger partial charge in [0.15, 0.2) is 0 Å². The van der Waals surface area contributed by atoms with E-state index in [4.69, 9.17) is 4.74 Å². The minimum atomic E-state index is 0.144. The second-order valence-electron chi connectivity index (χ2n) is 7.79. The first kappa shape index (κ1) is 17.8. The van der Waals surface area contributed by atoms with E-state index in [1.807, 2.05) is 42.5 Å². The second kappa shape index (κ2) is 7.59. The number of nitrogens with zero attached hydrogens (tertiary/aromatic N) is 1. The largest absolute Gasteiger partial charge is 0.497 e. The number of benzene rings is 2. The molecular weight excluding hydrogens is 334 g/mol. The van der Waals surface area contributed by atoms with Gasteiger partial charge in [0.1, 0.15) is 5.75 Å². The summed E-state index contributed by atoms with van der Waals surface area (Å²) in [6, 6.07) is 18.9. The van der Waals surface area contributed by atoms with Crippen molar-refractivity contribution in [3.8, 4) is 5.75 Å². The van der Waals surface area contributed by atoms with E-state index in [0.29, 0.717) is 6.04 Å². The summed E-state index contributed by atoms with van der Waals surface area (Å²) < 4.78 is 5.44. The maximum Gasteiger partial charge on any atom is 0.246 e. The number of carbonyl (C=O) groups excluding carboxylic acids is 1. The fraction of sp³-hybridized carbons (Fsp3) is 0.375. The van der Waals surface area contributed by atoms with E-state index >= 15 is 0 Å². The minimum Gasteiger partial charge on any atom is -0.497 e. The lowest BCUT2D eigenvalue weighted by Gasteiger charge is -2.50. The van der Waals surface area contributed by atoms with Crippen molar-refractivity contribution in [2.24, 2.45) is 0 Å². The van der Waals surface area contributed by atoms with E-state index in [1.165, 1.54) is 18.4 Å². The Morgan fingerprint density at radius 2 is 2.00 bits per heavy atom. The van der Waals surface area contributed by atoms with Gasteiger partial charge in [-0.15, -0.1) is 0 Å². The molecule has 0 spiro atoms. The van der Waals surface area contributed by atoms with Crippen LogP contribution in [0.4, 0.5) is 0 Å². The van der Waals surface area contributed by atoms with Crippen LogP contribution in [0.1, 0.15) is 43.2 Å². The molecule has 2 fully saturated rings. The molecule has 140 valence electrons. The molecule has 2 aromatic rings. The van der Waals surface area contributed by atoms with Gasteiger partial charge in [0.2, 0.25) is 5.91 Å². The standard InChI is InChI=1S/C24H27NO2/c1-27-22-11-5-9-20(17-22)24-14-6-10-21(18-24)25(16-15-24)23(26)13-12-19-7-3-2-4-8-19/h2-5,7-9,11-13,17,21H,6,10,14-16,18H2,1H3/b13-12+/t21-,24+/m0/s1. The highest BCUT2D eigenvalue weighted by atomic mass is 16.5. The second-order valence-corrected chi connectivity index (χ2v) is 7.79. The van der Waals surface area contributed by atoms with Crippen molar-refractivity contribution >= 4 is 12.0 Å². The van der Waals surface area contributed by atoms with E-state index in [0.717, 1.165) is 37.1 Å². The number of methoxy groups -OCH3 is 1. The molecule has 2 aliphatic rings. The minimum absolute atomic E-state index is 0.144. The molecule has 1 saturated heterocycles. The van der Waals surface area contributed by atoms with E-state index in [1.54, 1.807) is 13.2 Å². The van der Waals surface area contributed by atoms with Gasteiger partial charge in [-0.05, 0) is 60.4 Å². The molecule has 2 bridgehead atoms. The molecule has 2 atom stereocenters. The van der Waals surface area contributed by atoms with Crippen molar-refractivity contribution in [3.63, 3.8) is 0 Å². The summed E-state index contributed by atoms with van der Waals surface area (Å²) in [5.41, 5.74) is 2.63. The van der Waals surface area contributed by atoms with Gasteiger partial charge >= 0.3 is 0 Å². The lowest BCUT2D eigenvalue weighted by Crippen LogP contribution is -2.53. The first-order valence-electron chi connectivity index (χ1n) is 9.88. The number of carbonyl (C=O) groups is 1. The Bertz CT molecular complexity index is 829. The molecule has 0 unspecified atom stereocenters. The number of hydrogen-bond donors (Lipinski definition) is 0. The number of amides is 1. The molecule has 0 N–H and O–H groups in total. The maximum absolute atomic E-state index is 12.8. The third-order valence-corrected chi connectivity index (χ3v) is 6.27. The van der Waals surface area contributed by atoms with Crippen molar-refractivity contribution in [2.45, 2.75) is 43.6 Å². The number of hydrogen-bond acceptors (Lipinski definition) is 2. The number of likely N-dealkylation sites (tertiary alicyclic amines) is 1. The summed E-state index contributed by atoms with van der Waals surface area (Å²) in [5.74, 6) is 1.07.